The molecule has 0 aromatic heterocycles. The molecule has 3 nitrogen and oxygen atoms in total. The van der Waals surface area contributed by atoms with Gasteiger partial charge in [-0.1, -0.05) is 30.0 Å². The maximum atomic E-state index is 14.0. The van der Waals surface area contributed by atoms with Gasteiger partial charge in [-0.2, -0.15) is 13.2 Å². The molecule has 2 aromatic rings. The third kappa shape index (κ3) is 4.00. The Morgan fingerprint density at radius 3 is 2.12 bits per heavy atom. The highest BCUT2D eigenvalue weighted by molar-refractivity contribution is 7.91. The van der Waals surface area contributed by atoms with Crippen LogP contribution >= 0.6 is 0 Å². The van der Waals surface area contributed by atoms with Gasteiger partial charge in [-0.25, -0.2) is 12.8 Å². The van der Waals surface area contributed by atoms with Gasteiger partial charge >= 0.3 is 6.18 Å². The smallest absolute Gasteiger partial charge is 0.370 e. The fourth-order valence-corrected chi connectivity index (χ4v) is 3.05. The van der Waals surface area contributed by atoms with E-state index in [9.17, 15) is 31.1 Å². The van der Waals surface area contributed by atoms with E-state index in [1.54, 1.807) is 6.07 Å². The second-order valence-corrected chi connectivity index (χ2v) is 7.23. The second kappa shape index (κ2) is 6.50. The predicted molar refractivity (Wildman–Crippen MR) is 81.9 cm³/mol. The molecule has 0 heterocycles. The highest BCUT2D eigenvalue weighted by atomic mass is 32.2. The van der Waals surface area contributed by atoms with Gasteiger partial charge in [-0.15, -0.1) is 0 Å². The van der Waals surface area contributed by atoms with Crippen LogP contribution in [0.4, 0.5) is 17.6 Å². The topological polar surface area (TPSA) is 54.4 Å². The Morgan fingerprint density at radius 1 is 1.00 bits per heavy atom. The quantitative estimate of drug-likeness (QED) is 0.650. The Labute approximate surface area is 141 Å². The molecule has 0 bridgehead atoms. The predicted octanol–water partition coefficient (Wildman–Crippen LogP) is 3.32. The first-order chi connectivity index (χ1) is 11.4. The molecular formula is C17H12F4O3S. The minimum Gasteiger partial charge on any atom is -0.370 e. The largest absolute Gasteiger partial charge is 0.428 e. The van der Waals surface area contributed by atoms with Crippen LogP contribution in [0.25, 0.3) is 0 Å². The molecule has 132 valence electrons. The number of benzene rings is 2. The van der Waals surface area contributed by atoms with Crippen molar-refractivity contribution in [3.63, 3.8) is 0 Å². The first-order valence-corrected chi connectivity index (χ1v) is 8.35. The molecule has 0 saturated heterocycles. The van der Waals surface area contributed by atoms with Gasteiger partial charge in [0.2, 0.25) is 15.4 Å². The van der Waals surface area contributed by atoms with Crippen LogP contribution in [0.2, 0.25) is 0 Å². The van der Waals surface area contributed by atoms with Crippen molar-refractivity contribution in [2.45, 2.75) is 28.5 Å². The van der Waals surface area contributed by atoms with Crippen molar-refractivity contribution in [3.05, 3.63) is 59.9 Å². The number of halogens is 4. The Kier molecular flexibility index (Phi) is 4.93. The molecule has 0 fully saturated rings. The van der Waals surface area contributed by atoms with E-state index in [4.69, 9.17) is 0 Å². The SMILES string of the molecule is CC(O)(C#Cc1ccc(S(=O)(=O)c2ccccc2)cc1F)C(F)(F)F. The van der Waals surface area contributed by atoms with E-state index in [-0.39, 0.29) is 9.79 Å². The molecular weight excluding hydrogens is 360 g/mol. The van der Waals surface area contributed by atoms with Crippen LogP contribution in [0.3, 0.4) is 0 Å². The van der Waals surface area contributed by atoms with Crippen LogP contribution in [0.5, 0.6) is 0 Å². The Balaban J connectivity index is 2.41. The molecule has 0 aliphatic heterocycles. The third-order valence-corrected chi connectivity index (χ3v) is 5.06. The minimum atomic E-state index is -5.01. The Bertz CT molecular complexity index is 937. The summed E-state index contributed by atoms with van der Waals surface area (Å²) in [6.07, 6.45) is -5.01. The highest BCUT2D eigenvalue weighted by Crippen LogP contribution is 2.29. The molecule has 0 aliphatic carbocycles. The van der Waals surface area contributed by atoms with Gasteiger partial charge in [0.25, 0.3) is 0 Å². The van der Waals surface area contributed by atoms with Crippen molar-refractivity contribution in [1.82, 2.24) is 0 Å². The molecule has 2 aromatic carbocycles. The monoisotopic (exact) mass is 372 g/mol. The van der Waals surface area contributed by atoms with E-state index >= 15 is 0 Å². The van der Waals surface area contributed by atoms with Crippen LogP contribution in [0, 0.1) is 17.7 Å². The summed E-state index contributed by atoms with van der Waals surface area (Å²) in [5, 5.41) is 9.22. The lowest BCUT2D eigenvalue weighted by molar-refractivity contribution is -0.228. The van der Waals surface area contributed by atoms with Gasteiger partial charge < -0.3 is 5.11 Å². The average Bonchev–Trinajstić information content (AvgIpc) is 2.53. The first kappa shape index (κ1) is 19.0. The number of aliphatic hydroxyl groups is 1. The minimum absolute atomic E-state index is 0.0479. The van der Waals surface area contributed by atoms with Gasteiger partial charge in [-0.3, -0.25) is 0 Å². The summed E-state index contributed by atoms with van der Waals surface area (Å²) in [6.45, 7) is 0.437. The zero-order valence-electron chi connectivity index (χ0n) is 12.8. The molecule has 8 heteroatoms. The lowest BCUT2D eigenvalue weighted by Gasteiger charge is -2.19. The first-order valence-electron chi connectivity index (χ1n) is 6.87. The fourth-order valence-electron chi connectivity index (χ4n) is 1.76. The van der Waals surface area contributed by atoms with E-state index < -0.39 is 33.0 Å². The van der Waals surface area contributed by atoms with Crippen LogP contribution in [-0.4, -0.2) is 25.3 Å². The molecule has 0 aliphatic rings. The fraction of sp³-hybridized carbons (Fsp3) is 0.176. The van der Waals surface area contributed by atoms with Gasteiger partial charge in [-0.05, 0) is 37.3 Å². The molecule has 0 radical (unpaired) electrons. The third-order valence-electron chi connectivity index (χ3n) is 3.30. The van der Waals surface area contributed by atoms with E-state index in [2.05, 4.69) is 0 Å². The summed E-state index contributed by atoms with van der Waals surface area (Å²) in [4.78, 5) is -0.405. The standard InChI is InChI=1S/C17H12F4O3S/c1-16(22,17(19,20)21)10-9-12-7-8-14(11-15(12)18)25(23,24)13-5-3-2-4-6-13/h2-8,11,22H,1H3. The van der Waals surface area contributed by atoms with Gasteiger partial charge in [0.1, 0.15) is 5.82 Å². The molecule has 1 N–H and O–H groups in total. The number of sulfone groups is 1. The van der Waals surface area contributed by atoms with Crippen molar-refractivity contribution in [3.8, 4) is 11.8 Å². The molecule has 1 atom stereocenters. The van der Waals surface area contributed by atoms with E-state index in [1.165, 1.54) is 30.2 Å². The molecule has 0 amide bonds. The zero-order chi connectivity index (χ0) is 18.9. The summed E-state index contributed by atoms with van der Waals surface area (Å²) in [5.74, 6) is 2.32. The van der Waals surface area contributed by atoms with E-state index in [1.807, 2.05) is 5.92 Å². The highest BCUT2D eigenvalue weighted by Gasteiger charge is 2.49. The van der Waals surface area contributed by atoms with Crippen molar-refractivity contribution >= 4 is 9.84 Å². The van der Waals surface area contributed by atoms with Crippen LogP contribution < -0.4 is 0 Å². The van der Waals surface area contributed by atoms with E-state index in [0.717, 1.165) is 12.1 Å². The van der Waals surface area contributed by atoms with Crippen molar-refractivity contribution in [2.75, 3.05) is 0 Å². The number of alkyl halides is 3. The second-order valence-electron chi connectivity index (χ2n) is 5.28. The van der Waals surface area contributed by atoms with Gasteiger partial charge in [0.05, 0.1) is 15.4 Å². The van der Waals surface area contributed by atoms with Crippen molar-refractivity contribution in [1.29, 1.82) is 0 Å². The summed E-state index contributed by atoms with van der Waals surface area (Å²) in [6, 6.07) is 9.95. The molecule has 2 rings (SSSR count). The van der Waals surface area contributed by atoms with Gasteiger partial charge in [0.15, 0.2) is 0 Å². The maximum absolute atomic E-state index is 14.0. The normalized spacial score (nSPS) is 14.3. The lowest BCUT2D eigenvalue weighted by atomic mass is 10.1. The summed E-state index contributed by atoms with van der Waals surface area (Å²) < 4.78 is 76.3. The lowest BCUT2D eigenvalue weighted by Crippen LogP contribution is -2.40. The van der Waals surface area contributed by atoms with Crippen molar-refractivity contribution < 1.29 is 31.1 Å². The maximum Gasteiger partial charge on any atom is 0.428 e. The Hall–Kier alpha value is -2.37. The number of hydrogen-bond donors (Lipinski definition) is 1. The molecule has 25 heavy (non-hydrogen) atoms. The van der Waals surface area contributed by atoms with Crippen LogP contribution in [0.1, 0.15) is 12.5 Å². The van der Waals surface area contributed by atoms with Crippen LogP contribution in [-0.2, 0) is 9.84 Å². The number of hydrogen-bond acceptors (Lipinski definition) is 3. The number of rotatable bonds is 2. The average molecular weight is 372 g/mol. The van der Waals surface area contributed by atoms with Crippen molar-refractivity contribution in [2.24, 2.45) is 0 Å². The van der Waals surface area contributed by atoms with E-state index in [0.29, 0.717) is 13.0 Å². The summed E-state index contributed by atoms with van der Waals surface area (Å²) in [7, 11) is -3.96. The molecule has 1 unspecified atom stereocenters. The van der Waals surface area contributed by atoms with Gasteiger partial charge in [0, 0.05) is 0 Å². The Morgan fingerprint density at radius 2 is 1.60 bits per heavy atom. The zero-order valence-corrected chi connectivity index (χ0v) is 13.6. The van der Waals surface area contributed by atoms with Crippen LogP contribution in [0.15, 0.2) is 58.3 Å². The summed E-state index contributed by atoms with van der Waals surface area (Å²) in [5.41, 5.74) is -3.77. The molecule has 0 spiro atoms. The molecule has 0 saturated carbocycles. The summed E-state index contributed by atoms with van der Waals surface area (Å²) >= 11 is 0.